The van der Waals surface area contributed by atoms with Gasteiger partial charge in [0.2, 0.25) is 0 Å². The topological polar surface area (TPSA) is 59.8 Å². The van der Waals surface area contributed by atoms with Gasteiger partial charge < -0.3 is 5.32 Å². The van der Waals surface area contributed by atoms with Crippen molar-refractivity contribution in [2.24, 2.45) is 0 Å². The Hall–Kier alpha value is -2.69. The summed E-state index contributed by atoms with van der Waals surface area (Å²) >= 11 is 0. The summed E-state index contributed by atoms with van der Waals surface area (Å²) in [5, 5.41) is 13.6. The smallest absolute Gasteiger partial charge is 0.273 e. The summed E-state index contributed by atoms with van der Waals surface area (Å²) in [7, 11) is 0. The van der Waals surface area contributed by atoms with Crippen LogP contribution in [-0.4, -0.2) is 27.4 Å². The molecule has 1 N–H and O–H groups in total. The van der Waals surface area contributed by atoms with Crippen LogP contribution in [0.25, 0.3) is 10.8 Å². The molecule has 3 aromatic rings. The van der Waals surface area contributed by atoms with E-state index in [1.54, 1.807) is 6.20 Å². The Bertz CT molecular complexity index is 896. The molecule has 1 amide bonds. The number of benzene rings is 2. The van der Waals surface area contributed by atoms with E-state index >= 15 is 0 Å². The molecule has 1 aliphatic carbocycles. The molecule has 1 fully saturated rings. The van der Waals surface area contributed by atoms with Gasteiger partial charge in [0, 0.05) is 6.54 Å². The van der Waals surface area contributed by atoms with Gasteiger partial charge in [0.15, 0.2) is 5.69 Å². The maximum absolute atomic E-state index is 12.3. The molecule has 1 heterocycles. The Kier molecular flexibility index (Phi) is 4.95. The van der Waals surface area contributed by atoms with Gasteiger partial charge in [-0.15, -0.1) is 5.10 Å². The first-order chi connectivity index (χ1) is 12.8. The summed E-state index contributed by atoms with van der Waals surface area (Å²) in [6.45, 7) is 0.591. The monoisotopic (exact) mass is 348 g/mol. The van der Waals surface area contributed by atoms with E-state index in [9.17, 15) is 4.79 Å². The van der Waals surface area contributed by atoms with Gasteiger partial charge in [0.1, 0.15) is 0 Å². The molecular formula is C21H24N4O. The van der Waals surface area contributed by atoms with Gasteiger partial charge in [0.05, 0.1) is 12.2 Å². The van der Waals surface area contributed by atoms with Crippen LogP contribution in [0.2, 0.25) is 0 Å². The molecule has 4 rings (SSSR count). The van der Waals surface area contributed by atoms with Crippen LogP contribution in [0.5, 0.6) is 0 Å². The normalized spacial score (nSPS) is 15.2. The van der Waals surface area contributed by atoms with Crippen molar-refractivity contribution in [3.63, 3.8) is 0 Å². The average molecular weight is 348 g/mol. The minimum Gasteiger partial charge on any atom is -0.350 e. The van der Waals surface area contributed by atoms with Gasteiger partial charge in [-0.2, -0.15) is 0 Å². The SMILES string of the molecule is O=C(NCCc1ccc2ccccc2c1)c1cn(C2CCCCC2)nn1. The average Bonchev–Trinajstić information content (AvgIpc) is 3.19. The van der Waals surface area contributed by atoms with E-state index in [2.05, 4.69) is 46.0 Å². The van der Waals surface area contributed by atoms with Crippen molar-refractivity contribution in [3.05, 3.63) is 59.9 Å². The molecule has 0 aliphatic heterocycles. The van der Waals surface area contributed by atoms with Crippen molar-refractivity contribution in [1.82, 2.24) is 20.3 Å². The summed E-state index contributed by atoms with van der Waals surface area (Å²) < 4.78 is 1.87. The van der Waals surface area contributed by atoms with E-state index in [0.717, 1.165) is 19.3 Å². The highest BCUT2D eigenvalue weighted by molar-refractivity contribution is 5.91. The molecule has 26 heavy (non-hydrogen) atoms. The quantitative estimate of drug-likeness (QED) is 0.760. The first kappa shape index (κ1) is 16.8. The van der Waals surface area contributed by atoms with Gasteiger partial charge >= 0.3 is 0 Å². The Labute approximate surface area is 153 Å². The van der Waals surface area contributed by atoms with E-state index in [1.165, 1.54) is 35.6 Å². The van der Waals surface area contributed by atoms with Crippen molar-refractivity contribution < 1.29 is 4.79 Å². The predicted octanol–water partition coefficient (Wildman–Crippen LogP) is 3.91. The summed E-state index contributed by atoms with van der Waals surface area (Å²) in [6, 6.07) is 15.1. The standard InChI is InChI=1S/C21H24N4O/c26-21(20-15-25(24-23-20)19-8-2-1-3-9-19)22-13-12-16-10-11-17-6-4-5-7-18(17)14-16/h4-7,10-11,14-15,19H,1-3,8-9,12-13H2,(H,22,26). The highest BCUT2D eigenvalue weighted by Crippen LogP contribution is 2.27. The van der Waals surface area contributed by atoms with Crippen molar-refractivity contribution in [3.8, 4) is 0 Å². The molecule has 5 heteroatoms. The zero-order valence-corrected chi connectivity index (χ0v) is 14.9. The largest absolute Gasteiger partial charge is 0.350 e. The first-order valence-electron chi connectivity index (χ1n) is 9.47. The van der Waals surface area contributed by atoms with Gasteiger partial charge in [-0.3, -0.25) is 4.79 Å². The Balaban J connectivity index is 1.32. The molecule has 2 aromatic carbocycles. The van der Waals surface area contributed by atoms with Gasteiger partial charge in [0.25, 0.3) is 5.91 Å². The van der Waals surface area contributed by atoms with Crippen LogP contribution in [0.1, 0.15) is 54.2 Å². The summed E-state index contributed by atoms with van der Waals surface area (Å²) in [5.41, 5.74) is 1.63. The number of carbonyl (C=O) groups is 1. The molecule has 0 atom stereocenters. The number of hydrogen-bond acceptors (Lipinski definition) is 3. The lowest BCUT2D eigenvalue weighted by molar-refractivity contribution is 0.0949. The van der Waals surface area contributed by atoms with Crippen molar-refractivity contribution in [2.75, 3.05) is 6.54 Å². The fourth-order valence-corrected chi connectivity index (χ4v) is 3.71. The second-order valence-electron chi connectivity index (χ2n) is 7.06. The number of fused-ring (bicyclic) bond motifs is 1. The van der Waals surface area contributed by atoms with E-state index in [4.69, 9.17) is 0 Å². The summed E-state index contributed by atoms with van der Waals surface area (Å²) in [4.78, 5) is 12.3. The number of nitrogens with zero attached hydrogens (tertiary/aromatic N) is 3. The lowest BCUT2D eigenvalue weighted by Crippen LogP contribution is -2.26. The summed E-state index contributed by atoms with van der Waals surface area (Å²) in [6.07, 6.45) is 8.62. The molecule has 1 saturated carbocycles. The van der Waals surface area contributed by atoms with Gasteiger partial charge in [-0.05, 0) is 35.6 Å². The third kappa shape index (κ3) is 3.77. The number of aromatic nitrogens is 3. The van der Waals surface area contributed by atoms with E-state index in [0.29, 0.717) is 18.3 Å². The number of hydrogen-bond donors (Lipinski definition) is 1. The molecule has 0 spiro atoms. The van der Waals surface area contributed by atoms with Gasteiger partial charge in [-0.25, -0.2) is 4.68 Å². The minimum atomic E-state index is -0.146. The molecule has 5 nitrogen and oxygen atoms in total. The molecule has 1 aliphatic rings. The molecule has 1 aromatic heterocycles. The van der Waals surface area contributed by atoms with E-state index < -0.39 is 0 Å². The van der Waals surface area contributed by atoms with Gasteiger partial charge in [-0.1, -0.05) is 66.9 Å². The Morgan fingerprint density at radius 1 is 1.08 bits per heavy atom. The second kappa shape index (κ2) is 7.68. The van der Waals surface area contributed by atoms with Crippen molar-refractivity contribution in [2.45, 2.75) is 44.6 Å². The minimum absolute atomic E-state index is 0.146. The zero-order chi connectivity index (χ0) is 17.8. The number of nitrogens with one attached hydrogen (secondary N) is 1. The highest BCUT2D eigenvalue weighted by atomic mass is 16.2. The molecular weight excluding hydrogens is 324 g/mol. The Morgan fingerprint density at radius 2 is 1.88 bits per heavy atom. The van der Waals surface area contributed by atoms with Crippen LogP contribution in [0.4, 0.5) is 0 Å². The molecule has 0 saturated heterocycles. The fourth-order valence-electron chi connectivity index (χ4n) is 3.71. The lowest BCUT2D eigenvalue weighted by atomic mass is 9.96. The predicted molar refractivity (Wildman–Crippen MR) is 102 cm³/mol. The maximum atomic E-state index is 12.3. The molecule has 0 unspecified atom stereocenters. The number of rotatable bonds is 5. The third-order valence-corrected chi connectivity index (χ3v) is 5.20. The molecule has 134 valence electrons. The van der Waals surface area contributed by atoms with E-state index in [1.807, 2.05) is 16.8 Å². The summed E-state index contributed by atoms with van der Waals surface area (Å²) in [5.74, 6) is -0.146. The van der Waals surface area contributed by atoms with Crippen LogP contribution in [0, 0.1) is 0 Å². The van der Waals surface area contributed by atoms with Crippen molar-refractivity contribution in [1.29, 1.82) is 0 Å². The van der Waals surface area contributed by atoms with Crippen LogP contribution < -0.4 is 5.32 Å². The number of carbonyl (C=O) groups excluding carboxylic acids is 1. The van der Waals surface area contributed by atoms with Crippen LogP contribution in [0.3, 0.4) is 0 Å². The van der Waals surface area contributed by atoms with Crippen LogP contribution >= 0.6 is 0 Å². The molecule has 0 bridgehead atoms. The van der Waals surface area contributed by atoms with E-state index in [-0.39, 0.29) is 5.91 Å². The first-order valence-corrected chi connectivity index (χ1v) is 9.47. The maximum Gasteiger partial charge on any atom is 0.273 e. The van der Waals surface area contributed by atoms with Crippen LogP contribution in [-0.2, 0) is 6.42 Å². The lowest BCUT2D eigenvalue weighted by Gasteiger charge is -2.20. The van der Waals surface area contributed by atoms with Crippen LogP contribution in [0.15, 0.2) is 48.7 Å². The second-order valence-corrected chi connectivity index (χ2v) is 7.06. The third-order valence-electron chi connectivity index (χ3n) is 5.20. The Morgan fingerprint density at radius 3 is 2.73 bits per heavy atom. The number of amides is 1. The fraction of sp³-hybridized carbons (Fsp3) is 0.381. The molecule has 0 radical (unpaired) electrons. The highest BCUT2D eigenvalue weighted by Gasteiger charge is 2.18. The zero-order valence-electron chi connectivity index (χ0n) is 14.9. The van der Waals surface area contributed by atoms with Crippen molar-refractivity contribution >= 4 is 16.7 Å².